The van der Waals surface area contributed by atoms with Crippen molar-refractivity contribution in [3.05, 3.63) is 35.7 Å². The molecule has 0 aliphatic carbocycles. The molecule has 1 atom stereocenters. The van der Waals surface area contributed by atoms with Gasteiger partial charge in [0.1, 0.15) is 0 Å². The van der Waals surface area contributed by atoms with Gasteiger partial charge in [-0.1, -0.05) is 0 Å². The largest absolute Gasteiger partial charge is 0.420 e. The van der Waals surface area contributed by atoms with Gasteiger partial charge in [-0.2, -0.15) is 13.2 Å². The maximum absolute atomic E-state index is 12.7. The summed E-state index contributed by atoms with van der Waals surface area (Å²) in [6.45, 7) is 3.98. The summed E-state index contributed by atoms with van der Waals surface area (Å²) < 4.78 is 69.8. The Labute approximate surface area is 155 Å². The van der Waals surface area contributed by atoms with Gasteiger partial charge in [-0.05, 0) is 51.0 Å². The predicted octanol–water partition coefficient (Wildman–Crippen LogP) is 3.67. The Morgan fingerprint density at radius 2 is 1.85 bits per heavy atom. The topological polar surface area (TPSA) is 76.3 Å². The van der Waals surface area contributed by atoms with E-state index in [1.165, 1.54) is 16.4 Å². The third-order valence-electron chi connectivity index (χ3n) is 4.59. The molecule has 1 fully saturated rings. The highest BCUT2D eigenvalue weighted by Crippen LogP contribution is 2.32. The molecule has 6 nitrogen and oxygen atoms in total. The molecular weight excluding hydrogens is 383 g/mol. The minimum Gasteiger partial charge on any atom is -0.420 e. The molecule has 0 radical (unpaired) electrons. The number of piperidine rings is 1. The SMILES string of the molecule is CC(C)S(=O)(=O)N1CCCC(c2nnc(-c3ccc(C(F)(F)F)cc3)o2)C1. The van der Waals surface area contributed by atoms with E-state index in [1.54, 1.807) is 13.8 Å². The Hall–Kier alpha value is -1.94. The first-order valence-corrected chi connectivity index (χ1v) is 10.1. The van der Waals surface area contributed by atoms with Gasteiger partial charge >= 0.3 is 6.18 Å². The standard InChI is InChI=1S/C17H20F3N3O3S/c1-11(2)27(24,25)23-9-3-4-13(10-23)16-22-21-15(26-16)12-5-7-14(8-6-12)17(18,19)20/h5-8,11,13H,3-4,9-10H2,1-2H3. The summed E-state index contributed by atoms with van der Waals surface area (Å²) in [4.78, 5) is 0. The maximum atomic E-state index is 12.7. The van der Waals surface area contributed by atoms with Crippen LogP contribution in [0, 0.1) is 0 Å². The number of hydrogen-bond donors (Lipinski definition) is 0. The summed E-state index contributed by atoms with van der Waals surface area (Å²) in [5.41, 5.74) is -0.378. The van der Waals surface area contributed by atoms with Crippen LogP contribution in [0.1, 0.15) is 44.1 Å². The van der Waals surface area contributed by atoms with E-state index < -0.39 is 27.0 Å². The lowest BCUT2D eigenvalue weighted by Crippen LogP contribution is -2.42. The van der Waals surface area contributed by atoms with Crippen LogP contribution in [0.5, 0.6) is 0 Å². The highest BCUT2D eigenvalue weighted by molar-refractivity contribution is 7.89. The van der Waals surface area contributed by atoms with Crippen molar-refractivity contribution in [3.63, 3.8) is 0 Å². The molecule has 1 aliphatic rings. The zero-order valence-electron chi connectivity index (χ0n) is 14.9. The van der Waals surface area contributed by atoms with Crippen LogP contribution in [-0.4, -0.2) is 41.3 Å². The minimum atomic E-state index is -4.41. The van der Waals surface area contributed by atoms with Crippen LogP contribution >= 0.6 is 0 Å². The molecule has 1 unspecified atom stereocenters. The quantitative estimate of drug-likeness (QED) is 0.779. The second-order valence-corrected chi connectivity index (χ2v) is 9.30. The molecule has 0 amide bonds. The molecule has 0 N–H and O–H groups in total. The van der Waals surface area contributed by atoms with Crippen LogP contribution in [-0.2, 0) is 16.2 Å². The fourth-order valence-corrected chi connectivity index (χ4v) is 4.36. The van der Waals surface area contributed by atoms with E-state index in [2.05, 4.69) is 10.2 Å². The van der Waals surface area contributed by atoms with Gasteiger partial charge in [0, 0.05) is 18.7 Å². The Balaban J connectivity index is 1.77. The number of aromatic nitrogens is 2. The van der Waals surface area contributed by atoms with Crippen molar-refractivity contribution in [1.29, 1.82) is 0 Å². The Morgan fingerprint density at radius 1 is 1.19 bits per heavy atom. The molecular formula is C17H20F3N3O3S. The molecule has 10 heteroatoms. The second kappa shape index (κ2) is 7.23. The van der Waals surface area contributed by atoms with Crippen LogP contribution in [0.25, 0.3) is 11.5 Å². The third kappa shape index (κ3) is 4.16. The van der Waals surface area contributed by atoms with Crippen LogP contribution in [0.4, 0.5) is 13.2 Å². The smallest absolute Gasteiger partial charge is 0.416 e. The number of alkyl halides is 3. The predicted molar refractivity (Wildman–Crippen MR) is 92.3 cm³/mol. The van der Waals surface area contributed by atoms with Crippen molar-refractivity contribution in [2.45, 2.75) is 44.0 Å². The summed E-state index contributed by atoms with van der Waals surface area (Å²) in [5, 5.41) is 7.39. The number of benzene rings is 1. The molecule has 2 aromatic rings. The zero-order chi connectivity index (χ0) is 19.8. The molecule has 0 spiro atoms. The average Bonchev–Trinajstić information content (AvgIpc) is 3.11. The molecule has 0 saturated carbocycles. The minimum absolute atomic E-state index is 0.113. The van der Waals surface area contributed by atoms with Crippen LogP contribution in [0.3, 0.4) is 0 Å². The number of halogens is 3. The lowest BCUT2D eigenvalue weighted by atomic mass is 10.00. The van der Waals surface area contributed by atoms with Gasteiger partial charge in [0.15, 0.2) is 0 Å². The van der Waals surface area contributed by atoms with E-state index in [0.29, 0.717) is 30.8 Å². The van der Waals surface area contributed by atoms with Crippen molar-refractivity contribution in [1.82, 2.24) is 14.5 Å². The van der Waals surface area contributed by atoms with E-state index >= 15 is 0 Å². The Morgan fingerprint density at radius 3 is 2.44 bits per heavy atom. The average molecular weight is 403 g/mol. The van der Waals surface area contributed by atoms with E-state index in [4.69, 9.17) is 4.42 Å². The first kappa shape index (κ1) is 19.8. The molecule has 0 bridgehead atoms. The van der Waals surface area contributed by atoms with Gasteiger partial charge in [0.2, 0.25) is 21.8 Å². The highest BCUT2D eigenvalue weighted by Gasteiger charge is 2.34. The Kier molecular flexibility index (Phi) is 5.31. The van der Waals surface area contributed by atoms with Crippen LogP contribution in [0.2, 0.25) is 0 Å². The third-order valence-corrected chi connectivity index (χ3v) is 6.83. The van der Waals surface area contributed by atoms with Gasteiger partial charge in [-0.3, -0.25) is 0 Å². The van der Waals surface area contributed by atoms with Crippen molar-refractivity contribution < 1.29 is 26.0 Å². The molecule has 1 aromatic carbocycles. The van der Waals surface area contributed by atoms with Crippen LogP contribution in [0.15, 0.2) is 28.7 Å². The van der Waals surface area contributed by atoms with E-state index in [9.17, 15) is 21.6 Å². The lowest BCUT2D eigenvalue weighted by Gasteiger charge is -2.31. The van der Waals surface area contributed by atoms with Crippen molar-refractivity contribution in [2.24, 2.45) is 0 Å². The van der Waals surface area contributed by atoms with Gasteiger partial charge < -0.3 is 4.42 Å². The van der Waals surface area contributed by atoms with Gasteiger partial charge in [-0.25, -0.2) is 12.7 Å². The monoisotopic (exact) mass is 403 g/mol. The molecule has 1 aromatic heterocycles. The summed E-state index contributed by atoms with van der Waals surface area (Å²) >= 11 is 0. The zero-order valence-corrected chi connectivity index (χ0v) is 15.7. The molecule has 1 aliphatic heterocycles. The summed E-state index contributed by atoms with van der Waals surface area (Å²) in [7, 11) is -3.37. The van der Waals surface area contributed by atoms with Crippen molar-refractivity contribution in [3.8, 4) is 11.5 Å². The fourth-order valence-electron chi connectivity index (χ4n) is 2.99. The molecule has 1 saturated heterocycles. The molecule has 2 heterocycles. The lowest BCUT2D eigenvalue weighted by molar-refractivity contribution is -0.137. The number of hydrogen-bond acceptors (Lipinski definition) is 5. The molecule has 3 rings (SSSR count). The summed E-state index contributed by atoms with van der Waals surface area (Å²) in [6, 6.07) is 4.46. The summed E-state index contributed by atoms with van der Waals surface area (Å²) in [5.74, 6) is 0.180. The maximum Gasteiger partial charge on any atom is 0.416 e. The first-order chi connectivity index (χ1) is 12.6. The van der Waals surface area contributed by atoms with Crippen LogP contribution < -0.4 is 0 Å². The Bertz CT molecular complexity index is 892. The summed E-state index contributed by atoms with van der Waals surface area (Å²) in [6.07, 6.45) is -3.03. The van der Waals surface area contributed by atoms with E-state index in [0.717, 1.165) is 12.1 Å². The second-order valence-electron chi connectivity index (χ2n) is 6.81. The van der Waals surface area contributed by atoms with Crippen molar-refractivity contribution >= 4 is 10.0 Å². The van der Waals surface area contributed by atoms with Gasteiger partial charge in [-0.15, -0.1) is 10.2 Å². The fraction of sp³-hybridized carbons (Fsp3) is 0.529. The van der Waals surface area contributed by atoms with E-state index in [-0.39, 0.29) is 18.4 Å². The van der Waals surface area contributed by atoms with E-state index in [1.807, 2.05) is 0 Å². The van der Waals surface area contributed by atoms with Gasteiger partial charge in [0.05, 0.1) is 16.7 Å². The molecule has 27 heavy (non-hydrogen) atoms. The normalized spacial score (nSPS) is 19.6. The number of sulfonamides is 1. The number of nitrogens with zero attached hydrogens (tertiary/aromatic N) is 3. The highest BCUT2D eigenvalue weighted by atomic mass is 32.2. The van der Waals surface area contributed by atoms with Crippen molar-refractivity contribution in [2.75, 3.05) is 13.1 Å². The van der Waals surface area contributed by atoms with Gasteiger partial charge in [0.25, 0.3) is 0 Å². The number of rotatable bonds is 4. The molecule has 148 valence electrons. The first-order valence-electron chi connectivity index (χ1n) is 8.59.